The largest absolute Gasteiger partial charge is 0.467 e. The van der Waals surface area contributed by atoms with E-state index in [2.05, 4.69) is 33.4 Å². The third-order valence-corrected chi connectivity index (χ3v) is 5.84. The number of piperidine rings is 2. The maximum atomic E-state index is 5.46. The third-order valence-electron chi connectivity index (χ3n) is 5.59. The molecule has 29 heavy (non-hydrogen) atoms. The lowest BCUT2D eigenvalue weighted by molar-refractivity contribution is 0.444. The molecule has 0 aromatic carbocycles. The van der Waals surface area contributed by atoms with Crippen molar-refractivity contribution in [3.8, 4) is 0 Å². The Morgan fingerprint density at radius 2 is 1.90 bits per heavy atom. The predicted molar refractivity (Wildman–Crippen MR) is 120 cm³/mol. The topological polar surface area (TPSA) is 69.5 Å². The van der Waals surface area contributed by atoms with E-state index in [-0.39, 0.29) is 0 Å². The van der Waals surface area contributed by atoms with Gasteiger partial charge in [-0.05, 0) is 62.4 Å². The molecule has 156 valence electrons. The van der Waals surface area contributed by atoms with Gasteiger partial charge in [0.05, 0.1) is 12.8 Å². The van der Waals surface area contributed by atoms with Crippen molar-refractivity contribution < 1.29 is 4.42 Å². The first-order valence-corrected chi connectivity index (χ1v) is 11.0. The van der Waals surface area contributed by atoms with Crippen molar-refractivity contribution in [2.75, 3.05) is 41.3 Å². The molecule has 2 aromatic rings. The summed E-state index contributed by atoms with van der Waals surface area (Å²) in [6.45, 7) is 7.02. The van der Waals surface area contributed by atoms with Crippen molar-refractivity contribution in [1.82, 2.24) is 15.3 Å². The summed E-state index contributed by atoms with van der Waals surface area (Å²) in [4.78, 5) is 14.3. The van der Waals surface area contributed by atoms with Crippen LogP contribution in [0.25, 0.3) is 0 Å². The Kier molecular flexibility index (Phi) is 6.49. The highest BCUT2D eigenvalue weighted by Crippen LogP contribution is 2.27. The lowest BCUT2D eigenvalue weighted by Crippen LogP contribution is -2.36. The maximum Gasteiger partial charge on any atom is 0.232 e. The molecule has 0 unspecified atom stereocenters. The Bertz CT molecular complexity index is 806. The van der Waals surface area contributed by atoms with Crippen LogP contribution in [0.2, 0.25) is 0 Å². The van der Waals surface area contributed by atoms with Crippen molar-refractivity contribution in [3.05, 3.63) is 30.2 Å². The number of rotatable bonds is 5. The Labute approximate surface area is 177 Å². The summed E-state index contributed by atoms with van der Waals surface area (Å²) in [5.41, 5.74) is 0. The molecule has 0 amide bonds. The van der Waals surface area contributed by atoms with Crippen LogP contribution in [0.3, 0.4) is 0 Å². The van der Waals surface area contributed by atoms with E-state index in [1.54, 1.807) is 6.26 Å². The molecular weight excluding hydrogens is 384 g/mol. The van der Waals surface area contributed by atoms with Crippen LogP contribution in [-0.2, 0) is 6.54 Å². The van der Waals surface area contributed by atoms with Crippen LogP contribution in [0.1, 0.15) is 44.8 Å². The van der Waals surface area contributed by atoms with E-state index in [9.17, 15) is 0 Å². The summed E-state index contributed by atoms with van der Waals surface area (Å²) in [5.74, 6) is 4.05. The summed E-state index contributed by atoms with van der Waals surface area (Å²) in [6.07, 6.45) is 7.87. The number of furan rings is 1. The average Bonchev–Trinajstić information content (AvgIpc) is 3.26. The van der Waals surface area contributed by atoms with Gasteiger partial charge in [0.1, 0.15) is 17.4 Å². The molecule has 2 aromatic heterocycles. The second-order valence-corrected chi connectivity index (χ2v) is 8.44. The normalized spacial score (nSPS) is 19.8. The van der Waals surface area contributed by atoms with E-state index < -0.39 is 0 Å². The lowest BCUT2D eigenvalue weighted by Gasteiger charge is -2.33. The highest BCUT2D eigenvalue weighted by molar-refractivity contribution is 7.80. The first kappa shape index (κ1) is 19.9. The van der Waals surface area contributed by atoms with Gasteiger partial charge in [0.25, 0.3) is 0 Å². The Morgan fingerprint density at radius 3 is 2.62 bits per heavy atom. The molecular formula is C21H30N6OS. The smallest absolute Gasteiger partial charge is 0.232 e. The molecule has 8 heteroatoms. The molecule has 2 saturated heterocycles. The summed E-state index contributed by atoms with van der Waals surface area (Å²) >= 11 is 5.46. The van der Waals surface area contributed by atoms with Crippen molar-refractivity contribution in [3.63, 3.8) is 0 Å². The van der Waals surface area contributed by atoms with Gasteiger partial charge < -0.3 is 24.9 Å². The minimum absolute atomic E-state index is 0.496. The van der Waals surface area contributed by atoms with Gasteiger partial charge in [-0.15, -0.1) is 0 Å². The van der Waals surface area contributed by atoms with Crippen molar-refractivity contribution in [1.29, 1.82) is 0 Å². The molecule has 2 aliphatic rings. The molecule has 2 fully saturated rings. The minimum Gasteiger partial charge on any atom is -0.467 e. The van der Waals surface area contributed by atoms with Crippen LogP contribution in [0.5, 0.6) is 0 Å². The second kappa shape index (κ2) is 9.43. The standard InChI is InChI=1S/C21H30N6OS/c1-16-7-5-11-27(15-16)19-13-18(26-9-3-2-4-10-26)23-20(24-19)25-21(29)22-14-17-8-6-12-28-17/h6,8,12-13,16H,2-5,7,9-11,14-15H2,1H3,(H2,22,23,24,25,29)/t16-/m0/s1. The first-order chi connectivity index (χ1) is 14.2. The van der Waals surface area contributed by atoms with Crippen LogP contribution >= 0.6 is 12.2 Å². The first-order valence-electron chi connectivity index (χ1n) is 10.6. The van der Waals surface area contributed by atoms with Gasteiger partial charge in [-0.1, -0.05) is 6.92 Å². The van der Waals surface area contributed by atoms with Crippen molar-refractivity contribution in [2.24, 2.45) is 5.92 Å². The van der Waals surface area contributed by atoms with Gasteiger partial charge in [0.15, 0.2) is 5.11 Å². The number of nitrogens with one attached hydrogen (secondary N) is 2. The fourth-order valence-electron chi connectivity index (χ4n) is 4.05. The number of nitrogens with zero attached hydrogens (tertiary/aromatic N) is 4. The van der Waals surface area contributed by atoms with Crippen LogP contribution in [0, 0.1) is 5.92 Å². The number of aromatic nitrogens is 2. The summed E-state index contributed by atoms with van der Waals surface area (Å²) in [6, 6.07) is 5.93. The molecule has 4 rings (SSSR count). The maximum absolute atomic E-state index is 5.46. The van der Waals surface area contributed by atoms with E-state index in [4.69, 9.17) is 26.6 Å². The molecule has 0 spiro atoms. The SMILES string of the molecule is C[C@H]1CCCN(c2cc(N3CCCCC3)nc(NC(=S)NCc3ccco3)n2)C1. The predicted octanol–water partition coefficient (Wildman–Crippen LogP) is 3.78. The van der Waals surface area contributed by atoms with Gasteiger partial charge in [0, 0.05) is 32.2 Å². The lowest BCUT2D eigenvalue weighted by atomic mass is 10.0. The number of hydrogen-bond acceptors (Lipinski definition) is 6. The minimum atomic E-state index is 0.496. The van der Waals surface area contributed by atoms with Gasteiger partial charge >= 0.3 is 0 Å². The zero-order valence-corrected chi connectivity index (χ0v) is 17.9. The van der Waals surface area contributed by atoms with Gasteiger partial charge in [-0.3, -0.25) is 0 Å². The van der Waals surface area contributed by atoms with E-state index in [0.717, 1.165) is 43.6 Å². The zero-order chi connectivity index (χ0) is 20.1. The second-order valence-electron chi connectivity index (χ2n) is 8.04. The van der Waals surface area contributed by atoms with Gasteiger partial charge in [0.2, 0.25) is 5.95 Å². The molecule has 7 nitrogen and oxygen atoms in total. The van der Waals surface area contributed by atoms with E-state index in [1.165, 1.54) is 32.1 Å². The number of thiocarbonyl (C=S) groups is 1. The summed E-state index contributed by atoms with van der Waals surface area (Å²) in [5, 5.41) is 6.83. The van der Waals surface area contributed by atoms with E-state index in [1.807, 2.05) is 12.1 Å². The molecule has 1 atom stereocenters. The van der Waals surface area contributed by atoms with Gasteiger partial charge in [-0.25, -0.2) is 0 Å². The van der Waals surface area contributed by atoms with Crippen molar-refractivity contribution >= 4 is 34.9 Å². The fourth-order valence-corrected chi connectivity index (χ4v) is 4.21. The van der Waals surface area contributed by atoms with Crippen LogP contribution in [0.15, 0.2) is 28.9 Å². The van der Waals surface area contributed by atoms with E-state index in [0.29, 0.717) is 23.5 Å². The number of hydrogen-bond donors (Lipinski definition) is 2. The summed E-state index contributed by atoms with van der Waals surface area (Å²) in [7, 11) is 0. The summed E-state index contributed by atoms with van der Waals surface area (Å²) < 4.78 is 5.35. The fraction of sp³-hybridized carbons (Fsp3) is 0.571. The number of anilines is 3. The Hall–Kier alpha value is -2.35. The van der Waals surface area contributed by atoms with Crippen LogP contribution < -0.4 is 20.4 Å². The van der Waals surface area contributed by atoms with Crippen LogP contribution in [-0.4, -0.2) is 41.3 Å². The highest BCUT2D eigenvalue weighted by Gasteiger charge is 2.21. The van der Waals surface area contributed by atoms with Crippen LogP contribution in [0.4, 0.5) is 17.6 Å². The quantitative estimate of drug-likeness (QED) is 0.717. The van der Waals surface area contributed by atoms with Gasteiger partial charge in [-0.2, -0.15) is 9.97 Å². The molecule has 0 bridgehead atoms. The zero-order valence-electron chi connectivity index (χ0n) is 17.1. The monoisotopic (exact) mass is 414 g/mol. The Morgan fingerprint density at radius 1 is 1.14 bits per heavy atom. The molecule has 2 N–H and O–H groups in total. The molecule has 4 heterocycles. The highest BCUT2D eigenvalue weighted by atomic mass is 32.1. The van der Waals surface area contributed by atoms with Crippen molar-refractivity contribution in [2.45, 2.75) is 45.6 Å². The van der Waals surface area contributed by atoms with E-state index >= 15 is 0 Å². The third kappa shape index (κ3) is 5.38. The molecule has 0 radical (unpaired) electrons. The average molecular weight is 415 g/mol. The molecule has 0 aliphatic carbocycles. The molecule has 0 saturated carbocycles. The Balaban J connectivity index is 1.51. The molecule has 2 aliphatic heterocycles.